The molecular weight excluding hydrogens is 288 g/mol. The van der Waals surface area contributed by atoms with Crippen molar-refractivity contribution >= 4 is 5.70 Å². The number of para-hydroxylation sites is 1. The number of nitrogens with one attached hydrogen (secondary N) is 1. The molecule has 1 spiro atoms. The summed E-state index contributed by atoms with van der Waals surface area (Å²) < 4.78 is 12.3. The summed E-state index contributed by atoms with van der Waals surface area (Å²) >= 11 is 0. The Bertz CT molecular complexity index is 786. The molecule has 3 aliphatic rings. The summed E-state index contributed by atoms with van der Waals surface area (Å²) in [5, 5.41) is 2.30. The number of benzene rings is 1. The highest BCUT2D eigenvalue weighted by molar-refractivity contribution is 5.64. The monoisotopic (exact) mass is 308 g/mol. The second-order valence-electron chi connectivity index (χ2n) is 6.71. The van der Waals surface area contributed by atoms with Crippen molar-refractivity contribution in [2.45, 2.75) is 44.4 Å². The smallest absolute Gasteiger partial charge is 0.180 e. The largest absolute Gasteiger partial charge is 0.471 e. The Kier molecular flexibility index (Phi) is 2.68. The SMILES string of the molecule is Cc1ccc(C2=C[C@@H]3c4ccccc4OC4(CCCC4)N3N2)o1. The van der Waals surface area contributed by atoms with E-state index >= 15 is 0 Å². The maximum atomic E-state index is 6.48. The number of aryl methyl sites for hydroxylation is 1. The van der Waals surface area contributed by atoms with Crippen LogP contribution in [0.5, 0.6) is 5.75 Å². The number of rotatable bonds is 1. The third kappa shape index (κ3) is 1.88. The van der Waals surface area contributed by atoms with Gasteiger partial charge in [0, 0.05) is 18.4 Å². The van der Waals surface area contributed by atoms with E-state index in [0.717, 1.165) is 35.8 Å². The Morgan fingerprint density at radius 3 is 2.74 bits per heavy atom. The topological polar surface area (TPSA) is 37.6 Å². The van der Waals surface area contributed by atoms with Crippen LogP contribution in [-0.2, 0) is 0 Å². The van der Waals surface area contributed by atoms with Crippen LogP contribution in [0.25, 0.3) is 5.70 Å². The Morgan fingerprint density at radius 1 is 1.13 bits per heavy atom. The molecule has 2 aromatic rings. The first-order valence-electron chi connectivity index (χ1n) is 8.38. The minimum absolute atomic E-state index is 0.193. The molecule has 1 fully saturated rings. The molecule has 1 atom stereocenters. The van der Waals surface area contributed by atoms with E-state index in [-0.39, 0.29) is 11.8 Å². The molecule has 4 nitrogen and oxygen atoms in total. The van der Waals surface area contributed by atoms with Gasteiger partial charge < -0.3 is 14.6 Å². The van der Waals surface area contributed by atoms with Gasteiger partial charge in [-0.3, -0.25) is 0 Å². The second-order valence-corrected chi connectivity index (χ2v) is 6.71. The lowest BCUT2D eigenvalue weighted by atomic mass is 9.98. The van der Waals surface area contributed by atoms with Crippen molar-refractivity contribution in [3.8, 4) is 5.75 Å². The maximum absolute atomic E-state index is 6.48. The molecule has 0 saturated heterocycles. The number of fused-ring (bicyclic) bond motifs is 4. The van der Waals surface area contributed by atoms with Crippen LogP contribution in [0.2, 0.25) is 0 Å². The van der Waals surface area contributed by atoms with E-state index in [1.54, 1.807) is 0 Å². The molecular formula is C19H20N2O2. The zero-order chi connectivity index (χ0) is 15.4. The third-order valence-electron chi connectivity index (χ3n) is 5.21. The van der Waals surface area contributed by atoms with Crippen molar-refractivity contribution in [2.75, 3.05) is 0 Å². The Hall–Kier alpha value is -2.20. The summed E-state index contributed by atoms with van der Waals surface area (Å²) in [6, 6.07) is 12.6. The van der Waals surface area contributed by atoms with Crippen molar-refractivity contribution in [1.82, 2.24) is 10.4 Å². The van der Waals surface area contributed by atoms with Gasteiger partial charge in [0.2, 0.25) is 0 Å². The molecule has 2 aliphatic heterocycles. The second kappa shape index (κ2) is 4.65. The van der Waals surface area contributed by atoms with Gasteiger partial charge in [0.05, 0.1) is 11.7 Å². The van der Waals surface area contributed by atoms with Crippen LogP contribution < -0.4 is 10.2 Å². The van der Waals surface area contributed by atoms with Crippen molar-refractivity contribution in [2.24, 2.45) is 0 Å². The molecule has 0 unspecified atom stereocenters. The molecule has 3 heterocycles. The average molecular weight is 308 g/mol. The summed E-state index contributed by atoms with van der Waals surface area (Å²) in [7, 11) is 0. The molecule has 118 valence electrons. The van der Waals surface area contributed by atoms with Gasteiger partial charge in [-0.05, 0) is 44.0 Å². The summed E-state index contributed by atoms with van der Waals surface area (Å²) in [5.41, 5.74) is 5.59. The Balaban J connectivity index is 1.61. The fraction of sp³-hybridized carbons (Fsp3) is 0.368. The molecule has 1 aliphatic carbocycles. The summed E-state index contributed by atoms with van der Waals surface area (Å²) in [6.45, 7) is 1.98. The van der Waals surface area contributed by atoms with Gasteiger partial charge in [-0.1, -0.05) is 18.2 Å². The lowest BCUT2D eigenvalue weighted by Crippen LogP contribution is -2.58. The summed E-state index contributed by atoms with van der Waals surface area (Å²) in [5.74, 6) is 2.84. The van der Waals surface area contributed by atoms with Crippen LogP contribution >= 0.6 is 0 Å². The highest BCUT2D eigenvalue weighted by atomic mass is 16.5. The first-order valence-corrected chi connectivity index (χ1v) is 8.38. The van der Waals surface area contributed by atoms with E-state index < -0.39 is 0 Å². The van der Waals surface area contributed by atoms with E-state index in [1.165, 1.54) is 18.4 Å². The van der Waals surface area contributed by atoms with Gasteiger partial charge in [0.15, 0.2) is 11.5 Å². The highest BCUT2D eigenvalue weighted by Crippen LogP contribution is 2.50. The van der Waals surface area contributed by atoms with Crippen molar-refractivity contribution in [3.05, 3.63) is 59.6 Å². The first-order chi connectivity index (χ1) is 11.3. The van der Waals surface area contributed by atoms with E-state index in [2.05, 4.69) is 40.8 Å². The van der Waals surface area contributed by atoms with Gasteiger partial charge in [0.1, 0.15) is 11.5 Å². The Morgan fingerprint density at radius 2 is 1.96 bits per heavy atom. The van der Waals surface area contributed by atoms with Gasteiger partial charge in [-0.2, -0.15) is 5.01 Å². The zero-order valence-electron chi connectivity index (χ0n) is 13.2. The van der Waals surface area contributed by atoms with Crippen molar-refractivity contribution in [1.29, 1.82) is 0 Å². The van der Waals surface area contributed by atoms with Crippen LogP contribution in [0.3, 0.4) is 0 Å². The normalized spacial score (nSPS) is 24.7. The molecule has 1 N–H and O–H groups in total. The summed E-state index contributed by atoms with van der Waals surface area (Å²) in [4.78, 5) is 0. The van der Waals surface area contributed by atoms with Crippen LogP contribution in [0, 0.1) is 6.92 Å². The van der Waals surface area contributed by atoms with Gasteiger partial charge in [-0.15, -0.1) is 0 Å². The molecule has 4 heteroatoms. The van der Waals surface area contributed by atoms with Gasteiger partial charge in [-0.25, -0.2) is 0 Å². The maximum Gasteiger partial charge on any atom is 0.180 e. The minimum Gasteiger partial charge on any atom is -0.471 e. The number of hydrogen-bond acceptors (Lipinski definition) is 4. The van der Waals surface area contributed by atoms with E-state index in [9.17, 15) is 0 Å². The number of hydrazine groups is 1. The van der Waals surface area contributed by atoms with Crippen LogP contribution in [0.15, 0.2) is 46.9 Å². The number of nitrogens with zero attached hydrogens (tertiary/aromatic N) is 1. The minimum atomic E-state index is -0.237. The molecule has 23 heavy (non-hydrogen) atoms. The number of ether oxygens (including phenoxy) is 1. The first kappa shape index (κ1) is 13.3. The molecule has 1 saturated carbocycles. The lowest BCUT2D eigenvalue weighted by molar-refractivity contribution is -0.125. The number of hydrogen-bond donors (Lipinski definition) is 1. The van der Waals surface area contributed by atoms with Crippen LogP contribution in [0.1, 0.15) is 48.8 Å². The molecule has 1 aromatic carbocycles. The fourth-order valence-electron chi connectivity index (χ4n) is 4.11. The van der Waals surface area contributed by atoms with E-state index in [1.807, 2.05) is 19.1 Å². The fourth-order valence-corrected chi connectivity index (χ4v) is 4.11. The number of furan rings is 1. The van der Waals surface area contributed by atoms with Crippen molar-refractivity contribution in [3.63, 3.8) is 0 Å². The van der Waals surface area contributed by atoms with Crippen LogP contribution in [0.4, 0.5) is 0 Å². The molecule has 0 amide bonds. The van der Waals surface area contributed by atoms with Gasteiger partial charge >= 0.3 is 0 Å². The molecule has 0 radical (unpaired) electrons. The predicted octanol–water partition coefficient (Wildman–Crippen LogP) is 4.15. The Labute approximate surface area is 135 Å². The quantitative estimate of drug-likeness (QED) is 0.858. The predicted molar refractivity (Wildman–Crippen MR) is 87.4 cm³/mol. The van der Waals surface area contributed by atoms with Crippen molar-refractivity contribution < 1.29 is 9.15 Å². The average Bonchev–Trinajstić information content (AvgIpc) is 3.27. The lowest BCUT2D eigenvalue weighted by Gasteiger charge is -2.46. The molecule has 5 rings (SSSR count). The standard InChI is InChI=1S/C19H20N2O2/c1-13-8-9-18(22-13)15-12-16-14-6-2-3-7-17(14)23-19(21(16)20-15)10-4-5-11-19/h2-3,6-9,12,16,20H,4-5,10-11H2,1H3/t16-/m1/s1. The molecule has 0 bridgehead atoms. The highest BCUT2D eigenvalue weighted by Gasteiger charge is 2.51. The van der Waals surface area contributed by atoms with Crippen LogP contribution in [-0.4, -0.2) is 10.7 Å². The van der Waals surface area contributed by atoms with E-state index in [4.69, 9.17) is 9.15 Å². The molecule has 1 aromatic heterocycles. The van der Waals surface area contributed by atoms with E-state index in [0.29, 0.717) is 0 Å². The zero-order valence-corrected chi connectivity index (χ0v) is 13.2. The van der Waals surface area contributed by atoms with Gasteiger partial charge in [0.25, 0.3) is 0 Å². The summed E-state index contributed by atoms with van der Waals surface area (Å²) in [6.07, 6.45) is 6.80. The third-order valence-corrected chi connectivity index (χ3v) is 5.21.